The molecule has 0 amide bonds. The van der Waals surface area contributed by atoms with E-state index in [9.17, 15) is 0 Å². The molecule has 2 heterocycles. The van der Waals surface area contributed by atoms with Crippen molar-refractivity contribution in [1.82, 2.24) is 10.3 Å². The second-order valence-electron chi connectivity index (χ2n) is 4.22. The predicted molar refractivity (Wildman–Crippen MR) is 73.4 cm³/mol. The van der Waals surface area contributed by atoms with Crippen molar-refractivity contribution in [3.05, 3.63) is 52.0 Å². The molecule has 0 saturated carbocycles. The summed E-state index contributed by atoms with van der Waals surface area (Å²) >= 11 is 1.76. The third-order valence-corrected chi connectivity index (χ3v) is 3.76. The number of nitrogens with zero attached hydrogens (tertiary/aromatic N) is 1. The Morgan fingerprint density at radius 1 is 1.41 bits per heavy atom. The van der Waals surface area contributed by atoms with Gasteiger partial charge in [0.15, 0.2) is 0 Å². The van der Waals surface area contributed by atoms with Gasteiger partial charge in [0.25, 0.3) is 0 Å². The summed E-state index contributed by atoms with van der Waals surface area (Å²) in [7, 11) is 2.01. The fourth-order valence-electron chi connectivity index (χ4n) is 2.03. The first-order chi connectivity index (χ1) is 8.31. The first-order valence-electron chi connectivity index (χ1n) is 5.91. The van der Waals surface area contributed by atoms with E-state index in [2.05, 4.69) is 40.1 Å². The molecule has 0 radical (unpaired) electrons. The van der Waals surface area contributed by atoms with Crippen LogP contribution in [0, 0.1) is 6.92 Å². The fraction of sp³-hybridized carbons (Fsp3) is 0.357. The van der Waals surface area contributed by atoms with Crippen molar-refractivity contribution in [3.63, 3.8) is 0 Å². The lowest BCUT2D eigenvalue weighted by atomic mass is 10.0. The van der Waals surface area contributed by atoms with Crippen molar-refractivity contribution in [2.24, 2.45) is 0 Å². The molecule has 0 fully saturated rings. The molecule has 0 spiro atoms. The Kier molecular flexibility index (Phi) is 4.29. The van der Waals surface area contributed by atoms with Gasteiger partial charge in [0.05, 0.1) is 5.69 Å². The van der Waals surface area contributed by atoms with Gasteiger partial charge >= 0.3 is 0 Å². The Morgan fingerprint density at radius 3 is 2.94 bits per heavy atom. The number of thiophene rings is 1. The van der Waals surface area contributed by atoms with E-state index in [1.54, 1.807) is 11.3 Å². The zero-order valence-corrected chi connectivity index (χ0v) is 11.1. The minimum atomic E-state index is 0.344. The molecule has 2 nitrogen and oxygen atoms in total. The molecule has 1 N–H and O–H groups in total. The molecule has 0 aliphatic rings. The van der Waals surface area contributed by atoms with Crippen LogP contribution < -0.4 is 5.32 Å². The Balaban J connectivity index is 2.04. The first-order valence-corrected chi connectivity index (χ1v) is 6.85. The maximum atomic E-state index is 4.49. The van der Waals surface area contributed by atoms with Crippen molar-refractivity contribution in [2.75, 3.05) is 7.05 Å². The number of nitrogens with one attached hydrogen (secondary N) is 1. The molecule has 17 heavy (non-hydrogen) atoms. The van der Waals surface area contributed by atoms with Gasteiger partial charge in [-0.05, 0) is 60.8 Å². The predicted octanol–water partition coefficient (Wildman–Crippen LogP) is 3.34. The molecule has 1 atom stereocenters. The van der Waals surface area contributed by atoms with Crippen molar-refractivity contribution in [3.8, 4) is 0 Å². The Bertz CT molecular complexity index is 451. The molecule has 0 aromatic carbocycles. The van der Waals surface area contributed by atoms with Gasteiger partial charge in [-0.15, -0.1) is 0 Å². The molecule has 90 valence electrons. The van der Waals surface area contributed by atoms with Crippen LogP contribution in [0.5, 0.6) is 0 Å². The van der Waals surface area contributed by atoms with Gasteiger partial charge < -0.3 is 5.32 Å². The Hall–Kier alpha value is -1.19. The highest BCUT2D eigenvalue weighted by molar-refractivity contribution is 7.07. The SMILES string of the molecule is CNC(CCc1ccsc1)c1ncccc1C. The van der Waals surface area contributed by atoms with Crippen LogP contribution in [0.2, 0.25) is 0 Å². The highest BCUT2D eigenvalue weighted by atomic mass is 32.1. The molecule has 2 aromatic heterocycles. The highest BCUT2D eigenvalue weighted by Gasteiger charge is 2.12. The number of pyridine rings is 1. The van der Waals surface area contributed by atoms with Crippen molar-refractivity contribution in [1.29, 1.82) is 0 Å². The number of aryl methyl sites for hydroxylation is 2. The van der Waals surface area contributed by atoms with Crippen molar-refractivity contribution >= 4 is 11.3 Å². The average molecular weight is 246 g/mol. The van der Waals surface area contributed by atoms with Crippen molar-refractivity contribution < 1.29 is 0 Å². The topological polar surface area (TPSA) is 24.9 Å². The van der Waals surface area contributed by atoms with Gasteiger partial charge in [-0.3, -0.25) is 4.98 Å². The van der Waals surface area contributed by atoms with Gasteiger partial charge in [0, 0.05) is 12.2 Å². The third-order valence-electron chi connectivity index (χ3n) is 3.03. The van der Waals surface area contributed by atoms with Crippen LogP contribution in [0.1, 0.15) is 29.3 Å². The molecule has 0 bridgehead atoms. The summed E-state index contributed by atoms with van der Waals surface area (Å²) in [4.78, 5) is 4.49. The van der Waals surface area contributed by atoms with Gasteiger partial charge in [-0.2, -0.15) is 11.3 Å². The van der Waals surface area contributed by atoms with E-state index < -0.39 is 0 Å². The van der Waals surface area contributed by atoms with Crippen LogP contribution in [0.25, 0.3) is 0 Å². The normalized spacial score (nSPS) is 12.6. The molecule has 0 aliphatic carbocycles. The zero-order valence-electron chi connectivity index (χ0n) is 10.3. The summed E-state index contributed by atoms with van der Waals surface area (Å²) in [6.07, 6.45) is 4.06. The molecular formula is C14H18N2S. The van der Waals surface area contributed by atoms with Gasteiger partial charge in [0.2, 0.25) is 0 Å². The molecule has 0 aliphatic heterocycles. The number of hydrogen-bond donors (Lipinski definition) is 1. The van der Waals surface area contributed by atoms with E-state index >= 15 is 0 Å². The van der Waals surface area contributed by atoms with Crippen LogP contribution in [0.15, 0.2) is 35.2 Å². The largest absolute Gasteiger partial charge is 0.312 e. The monoisotopic (exact) mass is 246 g/mol. The molecule has 3 heteroatoms. The third kappa shape index (κ3) is 3.14. The van der Waals surface area contributed by atoms with E-state index in [0.717, 1.165) is 12.8 Å². The van der Waals surface area contributed by atoms with E-state index in [1.807, 2.05) is 19.3 Å². The van der Waals surface area contributed by atoms with Crippen LogP contribution in [-0.4, -0.2) is 12.0 Å². The molecule has 0 saturated heterocycles. The van der Waals surface area contributed by atoms with Gasteiger partial charge in [0.1, 0.15) is 0 Å². The summed E-state index contributed by atoms with van der Waals surface area (Å²) in [5, 5.41) is 7.72. The standard InChI is InChI=1S/C14H18N2S/c1-11-4-3-8-16-14(11)13(15-2)6-5-12-7-9-17-10-12/h3-4,7-10,13,15H,5-6H2,1-2H3. The number of aromatic nitrogens is 1. The lowest BCUT2D eigenvalue weighted by Gasteiger charge is -2.17. The Morgan fingerprint density at radius 2 is 2.29 bits per heavy atom. The second-order valence-corrected chi connectivity index (χ2v) is 5.00. The highest BCUT2D eigenvalue weighted by Crippen LogP contribution is 2.20. The zero-order chi connectivity index (χ0) is 12.1. The molecular weight excluding hydrogens is 228 g/mol. The average Bonchev–Trinajstić information content (AvgIpc) is 2.85. The molecule has 1 unspecified atom stereocenters. The summed E-state index contributed by atoms with van der Waals surface area (Å²) in [6.45, 7) is 2.12. The second kappa shape index (κ2) is 5.94. The van der Waals surface area contributed by atoms with Crippen molar-refractivity contribution in [2.45, 2.75) is 25.8 Å². The van der Waals surface area contributed by atoms with E-state index in [0.29, 0.717) is 6.04 Å². The smallest absolute Gasteiger partial charge is 0.0602 e. The van der Waals surface area contributed by atoms with Crippen LogP contribution >= 0.6 is 11.3 Å². The van der Waals surface area contributed by atoms with E-state index in [-0.39, 0.29) is 0 Å². The van der Waals surface area contributed by atoms with E-state index in [1.165, 1.54) is 16.8 Å². The lowest BCUT2D eigenvalue weighted by Crippen LogP contribution is -2.19. The van der Waals surface area contributed by atoms with Gasteiger partial charge in [-0.25, -0.2) is 0 Å². The maximum Gasteiger partial charge on any atom is 0.0602 e. The Labute approximate surface area is 107 Å². The van der Waals surface area contributed by atoms with E-state index in [4.69, 9.17) is 0 Å². The number of hydrogen-bond acceptors (Lipinski definition) is 3. The minimum Gasteiger partial charge on any atom is -0.312 e. The van der Waals surface area contributed by atoms with Crippen LogP contribution in [0.4, 0.5) is 0 Å². The molecule has 2 aromatic rings. The van der Waals surface area contributed by atoms with Crippen LogP contribution in [-0.2, 0) is 6.42 Å². The van der Waals surface area contributed by atoms with Gasteiger partial charge in [-0.1, -0.05) is 6.07 Å². The minimum absolute atomic E-state index is 0.344. The van der Waals surface area contributed by atoms with Crippen LogP contribution in [0.3, 0.4) is 0 Å². The first kappa shape index (κ1) is 12.3. The number of rotatable bonds is 5. The summed E-state index contributed by atoms with van der Waals surface area (Å²) in [6, 6.07) is 6.65. The summed E-state index contributed by atoms with van der Waals surface area (Å²) in [5.74, 6) is 0. The summed E-state index contributed by atoms with van der Waals surface area (Å²) in [5.41, 5.74) is 3.85. The summed E-state index contributed by atoms with van der Waals surface area (Å²) < 4.78 is 0. The maximum absolute atomic E-state index is 4.49. The fourth-order valence-corrected chi connectivity index (χ4v) is 2.73. The lowest BCUT2D eigenvalue weighted by molar-refractivity contribution is 0.533. The quantitative estimate of drug-likeness (QED) is 0.875. The molecule has 2 rings (SSSR count).